The highest BCUT2D eigenvalue weighted by molar-refractivity contribution is 9.12. The van der Waals surface area contributed by atoms with E-state index in [0.29, 0.717) is 18.5 Å². The lowest BCUT2D eigenvalue weighted by Gasteiger charge is -2.29. The van der Waals surface area contributed by atoms with E-state index in [0.717, 1.165) is 4.90 Å². The van der Waals surface area contributed by atoms with Crippen LogP contribution in [-0.4, -0.2) is 32.5 Å². The molecule has 116 valence electrons. The van der Waals surface area contributed by atoms with Crippen molar-refractivity contribution >= 4 is 55.3 Å². The Kier molecular flexibility index (Phi) is 4.11. The van der Waals surface area contributed by atoms with Crippen LogP contribution in [0, 0.1) is 11.8 Å². The molecule has 2 amide bonds. The number of carbonyl (C=O) groups is 3. The molecule has 4 atom stereocenters. The van der Waals surface area contributed by atoms with Crippen LogP contribution in [0.5, 0.6) is 0 Å². The van der Waals surface area contributed by atoms with Gasteiger partial charge in [-0.05, 0) is 31.0 Å². The van der Waals surface area contributed by atoms with Crippen LogP contribution in [0.4, 0.5) is 5.69 Å². The fraction of sp³-hybridized carbons (Fsp3) is 0.400. The lowest BCUT2D eigenvalue weighted by molar-refractivity contribution is -0.122. The summed E-state index contributed by atoms with van der Waals surface area (Å²) in [5.41, 5.74) is 0.395. The Balaban J connectivity index is 1.95. The fourth-order valence-electron chi connectivity index (χ4n) is 3.13. The molecular formula is C15H13Br2NO4. The van der Waals surface area contributed by atoms with Gasteiger partial charge in [0, 0.05) is 9.65 Å². The molecule has 1 saturated heterocycles. The van der Waals surface area contributed by atoms with Crippen LogP contribution < -0.4 is 4.90 Å². The number of nitrogens with zero attached hydrogens (tertiary/aromatic N) is 1. The normalized spacial score (nSPS) is 31.3. The SMILES string of the molecule is O=C(O)c1cccc(N2C(=O)C3CC(Br)C(Br)CC3C2=O)c1. The largest absolute Gasteiger partial charge is 0.478 e. The Morgan fingerprint density at radius 2 is 1.64 bits per heavy atom. The molecule has 7 heteroatoms. The quantitative estimate of drug-likeness (QED) is 0.578. The number of imide groups is 1. The van der Waals surface area contributed by atoms with Gasteiger partial charge in [-0.25, -0.2) is 4.79 Å². The number of benzene rings is 1. The van der Waals surface area contributed by atoms with Gasteiger partial charge in [0.1, 0.15) is 0 Å². The van der Waals surface area contributed by atoms with Crippen LogP contribution in [0.15, 0.2) is 24.3 Å². The van der Waals surface area contributed by atoms with Crippen molar-refractivity contribution in [2.24, 2.45) is 11.8 Å². The molecule has 0 radical (unpaired) electrons. The zero-order valence-corrected chi connectivity index (χ0v) is 14.6. The summed E-state index contributed by atoms with van der Waals surface area (Å²) >= 11 is 7.08. The second-order valence-corrected chi connectivity index (χ2v) is 7.94. The number of fused-ring (bicyclic) bond motifs is 1. The first-order chi connectivity index (χ1) is 10.4. The molecule has 2 aliphatic rings. The van der Waals surface area contributed by atoms with Crippen molar-refractivity contribution in [1.82, 2.24) is 0 Å². The molecule has 0 spiro atoms. The highest BCUT2D eigenvalue weighted by Gasteiger charge is 2.52. The summed E-state index contributed by atoms with van der Waals surface area (Å²) in [5, 5.41) is 9.06. The van der Waals surface area contributed by atoms with E-state index < -0.39 is 5.97 Å². The smallest absolute Gasteiger partial charge is 0.335 e. The third kappa shape index (κ3) is 2.50. The predicted octanol–water partition coefficient (Wildman–Crippen LogP) is 2.81. The summed E-state index contributed by atoms with van der Waals surface area (Å²) in [4.78, 5) is 37.7. The van der Waals surface area contributed by atoms with Gasteiger partial charge in [0.2, 0.25) is 11.8 Å². The molecule has 2 fully saturated rings. The summed E-state index contributed by atoms with van der Waals surface area (Å²) in [6.07, 6.45) is 1.19. The summed E-state index contributed by atoms with van der Waals surface area (Å²) in [6.45, 7) is 0. The van der Waals surface area contributed by atoms with E-state index in [4.69, 9.17) is 5.11 Å². The van der Waals surface area contributed by atoms with Gasteiger partial charge in [0.05, 0.1) is 23.1 Å². The Bertz CT molecular complexity index is 635. The van der Waals surface area contributed by atoms with Crippen molar-refractivity contribution < 1.29 is 19.5 Å². The van der Waals surface area contributed by atoms with Crippen LogP contribution in [0.25, 0.3) is 0 Å². The summed E-state index contributed by atoms with van der Waals surface area (Å²) in [7, 11) is 0. The molecule has 4 unspecified atom stereocenters. The molecule has 1 heterocycles. The number of rotatable bonds is 2. The van der Waals surface area contributed by atoms with Crippen LogP contribution in [0.2, 0.25) is 0 Å². The Labute approximate surface area is 143 Å². The predicted molar refractivity (Wildman–Crippen MR) is 87.5 cm³/mol. The maximum atomic E-state index is 12.6. The number of hydrogen-bond donors (Lipinski definition) is 1. The van der Waals surface area contributed by atoms with E-state index in [-0.39, 0.29) is 38.9 Å². The van der Waals surface area contributed by atoms with Crippen molar-refractivity contribution in [1.29, 1.82) is 0 Å². The standard InChI is InChI=1S/C15H13Br2NO4/c16-11-5-9-10(6-12(11)17)14(20)18(13(9)19)8-3-1-2-7(4-8)15(21)22/h1-4,9-12H,5-6H2,(H,21,22). The fourth-order valence-corrected chi connectivity index (χ4v) is 4.36. The highest BCUT2D eigenvalue weighted by Crippen LogP contribution is 2.44. The zero-order valence-electron chi connectivity index (χ0n) is 11.4. The molecule has 0 bridgehead atoms. The first-order valence-corrected chi connectivity index (χ1v) is 8.72. The lowest BCUT2D eigenvalue weighted by atomic mass is 9.81. The van der Waals surface area contributed by atoms with Gasteiger partial charge >= 0.3 is 5.97 Å². The number of carbonyl (C=O) groups excluding carboxylic acids is 2. The number of halogens is 2. The second kappa shape index (κ2) is 5.77. The minimum atomic E-state index is -1.08. The first kappa shape index (κ1) is 15.7. The Hall–Kier alpha value is -1.21. The van der Waals surface area contributed by atoms with E-state index in [9.17, 15) is 14.4 Å². The monoisotopic (exact) mass is 429 g/mol. The molecule has 22 heavy (non-hydrogen) atoms. The van der Waals surface area contributed by atoms with Crippen molar-refractivity contribution in [3.63, 3.8) is 0 Å². The van der Waals surface area contributed by atoms with E-state index in [2.05, 4.69) is 31.9 Å². The van der Waals surface area contributed by atoms with E-state index in [1.165, 1.54) is 12.1 Å². The summed E-state index contributed by atoms with van der Waals surface area (Å²) in [6, 6.07) is 5.94. The van der Waals surface area contributed by atoms with Gasteiger partial charge < -0.3 is 5.11 Å². The van der Waals surface area contributed by atoms with Crippen molar-refractivity contribution in [3.05, 3.63) is 29.8 Å². The van der Waals surface area contributed by atoms with Crippen LogP contribution in [-0.2, 0) is 9.59 Å². The van der Waals surface area contributed by atoms with Crippen LogP contribution >= 0.6 is 31.9 Å². The Morgan fingerprint density at radius 3 is 2.14 bits per heavy atom. The minimum absolute atomic E-state index is 0.0599. The highest BCUT2D eigenvalue weighted by atomic mass is 79.9. The van der Waals surface area contributed by atoms with E-state index in [1.54, 1.807) is 12.1 Å². The third-order valence-corrected chi connectivity index (χ3v) is 7.00. The van der Waals surface area contributed by atoms with Gasteiger partial charge in [-0.15, -0.1) is 0 Å². The molecule has 5 nitrogen and oxygen atoms in total. The number of anilines is 1. The second-order valence-electron chi connectivity index (χ2n) is 5.58. The van der Waals surface area contributed by atoms with Crippen molar-refractivity contribution in [3.8, 4) is 0 Å². The van der Waals surface area contributed by atoms with Gasteiger partial charge in [0.15, 0.2) is 0 Å². The average Bonchev–Trinajstić information content (AvgIpc) is 2.71. The average molecular weight is 431 g/mol. The maximum Gasteiger partial charge on any atom is 0.335 e. The minimum Gasteiger partial charge on any atom is -0.478 e. The first-order valence-electron chi connectivity index (χ1n) is 6.89. The molecule has 1 saturated carbocycles. The molecule has 3 rings (SSSR count). The van der Waals surface area contributed by atoms with Crippen LogP contribution in [0.3, 0.4) is 0 Å². The van der Waals surface area contributed by atoms with Gasteiger partial charge in [-0.1, -0.05) is 37.9 Å². The van der Waals surface area contributed by atoms with Gasteiger partial charge in [-0.2, -0.15) is 0 Å². The number of carboxylic acid groups (broad SMARTS) is 1. The lowest BCUT2D eigenvalue weighted by Crippen LogP contribution is -2.34. The molecule has 0 aromatic heterocycles. The maximum absolute atomic E-state index is 12.6. The Morgan fingerprint density at radius 1 is 1.09 bits per heavy atom. The van der Waals surface area contributed by atoms with E-state index in [1.807, 2.05) is 0 Å². The van der Waals surface area contributed by atoms with Crippen LogP contribution in [0.1, 0.15) is 23.2 Å². The number of amides is 2. The number of alkyl halides is 2. The van der Waals surface area contributed by atoms with Gasteiger partial charge in [-0.3, -0.25) is 14.5 Å². The van der Waals surface area contributed by atoms with Crippen molar-refractivity contribution in [2.75, 3.05) is 4.90 Å². The summed E-state index contributed by atoms with van der Waals surface area (Å²) < 4.78 is 0. The molecular weight excluding hydrogens is 418 g/mol. The van der Waals surface area contributed by atoms with Crippen molar-refractivity contribution in [2.45, 2.75) is 22.5 Å². The molecule has 1 aromatic carbocycles. The molecule has 1 aliphatic carbocycles. The molecule has 1 N–H and O–H groups in total. The zero-order chi connectivity index (χ0) is 16.0. The van der Waals surface area contributed by atoms with E-state index >= 15 is 0 Å². The molecule has 1 aliphatic heterocycles. The number of carboxylic acids is 1. The third-order valence-electron chi connectivity index (χ3n) is 4.26. The molecule has 1 aromatic rings. The van der Waals surface area contributed by atoms with Gasteiger partial charge in [0.25, 0.3) is 0 Å². The topological polar surface area (TPSA) is 74.7 Å². The summed E-state index contributed by atoms with van der Waals surface area (Å²) in [5.74, 6) is -2.22. The number of aromatic carboxylic acids is 1. The number of hydrogen-bond acceptors (Lipinski definition) is 3.